The fraction of sp³-hybridized carbons (Fsp3) is 0.433. The Bertz CT molecular complexity index is 1630. The highest BCUT2D eigenvalue weighted by Gasteiger charge is 2.47. The molecule has 0 radical (unpaired) electrons. The number of carbonyl (C=O) groups excluding carboxylic acids is 1. The molecule has 1 aliphatic heterocycles. The van der Waals surface area contributed by atoms with Crippen molar-refractivity contribution in [3.63, 3.8) is 0 Å². The van der Waals surface area contributed by atoms with Crippen LogP contribution in [-0.4, -0.2) is 49.4 Å². The lowest BCUT2D eigenvalue weighted by Gasteiger charge is -2.31. The van der Waals surface area contributed by atoms with Crippen molar-refractivity contribution in [2.45, 2.75) is 50.0 Å². The van der Waals surface area contributed by atoms with Crippen LogP contribution in [0, 0.1) is 28.9 Å². The minimum Gasteiger partial charge on any atom is -0.428 e. The summed E-state index contributed by atoms with van der Waals surface area (Å²) in [4.78, 5) is 21.0. The summed E-state index contributed by atoms with van der Waals surface area (Å²) in [5.74, 6) is -2.24. The third-order valence-electron chi connectivity index (χ3n) is 8.34. The van der Waals surface area contributed by atoms with Gasteiger partial charge in [0.2, 0.25) is 5.91 Å². The number of benzene rings is 2. The van der Waals surface area contributed by atoms with Crippen LogP contribution in [-0.2, 0) is 14.6 Å². The first-order chi connectivity index (χ1) is 20.2. The Balaban J connectivity index is 1.33. The molecular formula is C30H30F2N4O4S2. The molecule has 6 rings (SSSR count). The van der Waals surface area contributed by atoms with Crippen molar-refractivity contribution in [3.05, 3.63) is 59.8 Å². The van der Waals surface area contributed by atoms with Crippen molar-refractivity contribution in [2.75, 3.05) is 29.5 Å². The lowest BCUT2D eigenvalue weighted by molar-refractivity contribution is -0.127. The molecule has 0 bridgehead atoms. The van der Waals surface area contributed by atoms with Crippen molar-refractivity contribution in [1.29, 1.82) is 5.26 Å². The van der Waals surface area contributed by atoms with Crippen LogP contribution in [0.2, 0.25) is 0 Å². The number of nitrogens with one attached hydrogen (secondary N) is 1. The summed E-state index contributed by atoms with van der Waals surface area (Å²) >= 11 is 1.23. The SMILES string of the molecule is N#CC1(NC(=O)[C@@H]2CCCC[C@H]2c2nc(Oc3ccc(F)cc3F)sc2-c2ccc(N3CCS(=O)(=O)CC3)cc2)CC1. The number of halogens is 2. The van der Waals surface area contributed by atoms with E-state index in [9.17, 15) is 27.3 Å². The summed E-state index contributed by atoms with van der Waals surface area (Å²) in [6.45, 7) is 0.857. The lowest BCUT2D eigenvalue weighted by Crippen LogP contribution is -2.42. The molecule has 2 aromatic carbocycles. The van der Waals surface area contributed by atoms with E-state index in [4.69, 9.17) is 9.72 Å². The van der Waals surface area contributed by atoms with Crippen molar-refractivity contribution >= 4 is 32.8 Å². The van der Waals surface area contributed by atoms with E-state index in [-0.39, 0.29) is 40.2 Å². The number of ether oxygens (including phenoxy) is 1. The van der Waals surface area contributed by atoms with Gasteiger partial charge in [-0.2, -0.15) is 5.26 Å². The van der Waals surface area contributed by atoms with E-state index >= 15 is 0 Å². The quantitative estimate of drug-likeness (QED) is 0.372. The number of amides is 1. The molecule has 1 aromatic heterocycles. The molecule has 2 saturated carbocycles. The van der Waals surface area contributed by atoms with Crippen LogP contribution in [0.5, 0.6) is 10.9 Å². The van der Waals surface area contributed by atoms with Crippen LogP contribution in [0.1, 0.15) is 50.1 Å². The molecule has 0 unspecified atom stereocenters. The zero-order valence-electron chi connectivity index (χ0n) is 22.8. The summed E-state index contributed by atoms with van der Waals surface area (Å²) in [5, 5.41) is 12.7. The van der Waals surface area contributed by atoms with E-state index in [0.29, 0.717) is 38.0 Å². The number of aromatic nitrogens is 1. The van der Waals surface area contributed by atoms with Crippen molar-refractivity contribution in [2.24, 2.45) is 5.92 Å². The number of hydrogen-bond donors (Lipinski definition) is 1. The summed E-state index contributed by atoms with van der Waals surface area (Å²) in [7, 11) is -3.00. The summed E-state index contributed by atoms with van der Waals surface area (Å²) in [6.07, 6.45) is 4.47. The van der Waals surface area contributed by atoms with E-state index in [1.165, 1.54) is 17.4 Å². The number of rotatable bonds is 7. The third-order valence-corrected chi connectivity index (χ3v) is 11.0. The minimum absolute atomic E-state index is 0.118. The average molecular weight is 613 g/mol. The van der Waals surface area contributed by atoms with Crippen LogP contribution >= 0.6 is 11.3 Å². The van der Waals surface area contributed by atoms with Crippen LogP contribution in [0.3, 0.4) is 0 Å². The predicted molar refractivity (Wildman–Crippen MR) is 155 cm³/mol. The highest BCUT2D eigenvalue weighted by molar-refractivity contribution is 7.91. The van der Waals surface area contributed by atoms with Gasteiger partial charge < -0.3 is 15.0 Å². The lowest BCUT2D eigenvalue weighted by atomic mass is 9.76. The summed E-state index contributed by atoms with van der Waals surface area (Å²) in [6, 6.07) is 13.0. The molecule has 1 N–H and O–H groups in total. The zero-order chi connectivity index (χ0) is 29.5. The number of sulfone groups is 1. The number of nitrogens with zero attached hydrogens (tertiary/aromatic N) is 3. The van der Waals surface area contributed by atoms with Crippen molar-refractivity contribution in [1.82, 2.24) is 10.3 Å². The van der Waals surface area contributed by atoms with Gasteiger partial charge in [-0.25, -0.2) is 22.2 Å². The number of thiazole rings is 1. The molecule has 0 spiro atoms. The molecule has 8 nitrogen and oxygen atoms in total. The topological polar surface area (TPSA) is 112 Å². The van der Waals surface area contributed by atoms with Gasteiger partial charge in [0.25, 0.3) is 5.19 Å². The van der Waals surface area contributed by atoms with Gasteiger partial charge in [0.1, 0.15) is 11.4 Å². The standard InChI is InChI=1S/C30H30F2N4O4S2/c31-20-7-10-25(24(32)17-20)40-29-34-26(22-3-1-2-4-23(22)28(37)35-30(18-33)11-12-30)27(41-29)19-5-8-21(9-6-19)36-13-15-42(38,39)16-14-36/h5-10,17,22-23H,1-4,11-16H2,(H,35,37)/t22-,23-/m1/s1. The molecule has 3 aliphatic rings. The van der Waals surface area contributed by atoms with Gasteiger partial charge in [-0.15, -0.1) is 0 Å². The van der Waals surface area contributed by atoms with Gasteiger partial charge in [0.15, 0.2) is 21.4 Å². The van der Waals surface area contributed by atoms with Gasteiger partial charge >= 0.3 is 0 Å². The Kier molecular flexibility index (Phi) is 7.66. The van der Waals surface area contributed by atoms with Gasteiger partial charge in [0, 0.05) is 36.7 Å². The Hall–Kier alpha value is -3.56. The molecule has 1 amide bonds. The van der Waals surface area contributed by atoms with E-state index < -0.39 is 27.0 Å². The van der Waals surface area contributed by atoms with Crippen LogP contribution in [0.25, 0.3) is 10.4 Å². The van der Waals surface area contributed by atoms with Crippen molar-refractivity contribution < 1.29 is 26.7 Å². The first-order valence-electron chi connectivity index (χ1n) is 14.1. The largest absolute Gasteiger partial charge is 0.428 e. The van der Waals surface area contributed by atoms with Gasteiger partial charge in [-0.1, -0.05) is 36.3 Å². The Labute approximate surface area is 247 Å². The van der Waals surface area contributed by atoms with Crippen molar-refractivity contribution in [3.8, 4) is 27.5 Å². The van der Waals surface area contributed by atoms with E-state index in [0.717, 1.165) is 47.5 Å². The van der Waals surface area contributed by atoms with Crippen LogP contribution in [0.4, 0.5) is 14.5 Å². The second-order valence-electron chi connectivity index (χ2n) is 11.2. The fourth-order valence-electron chi connectivity index (χ4n) is 5.75. The Morgan fingerprint density at radius 3 is 2.48 bits per heavy atom. The highest BCUT2D eigenvalue weighted by Crippen LogP contribution is 2.47. The molecule has 3 fully saturated rings. The van der Waals surface area contributed by atoms with Crippen LogP contribution < -0.4 is 15.0 Å². The monoisotopic (exact) mass is 612 g/mol. The Morgan fingerprint density at radius 2 is 1.81 bits per heavy atom. The molecule has 42 heavy (non-hydrogen) atoms. The van der Waals surface area contributed by atoms with E-state index in [1.807, 2.05) is 29.2 Å². The number of nitriles is 1. The normalized spacial score (nSPS) is 22.6. The Morgan fingerprint density at radius 1 is 1.10 bits per heavy atom. The molecule has 220 valence electrons. The molecule has 12 heteroatoms. The predicted octanol–water partition coefficient (Wildman–Crippen LogP) is 5.56. The maximum Gasteiger partial charge on any atom is 0.279 e. The molecule has 2 atom stereocenters. The maximum atomic E-state index is 14.4. The fourth-order valence-corrected chi connectivity index (χ4v) is 7.96. The molecule has 2 aliphatic carbocycles. The number of anilines is 1. The first-order valence-corrected chi connectivity index (χ1v) is 16.7. The third kappa shape index (κ3) is 5.99. The number of hydrogen-bond acceptors (Lipinski definition) is 8. The molecule has 1 saturated heterocycles. The van der Waals surface area contributed by atoms with Gasteiger partial charge in [0.05, 0.1) is 28.1 Å². The van der Waals surface area contributed by atoms with Gasteiger partial charge in [-0.3, -0.25) is 4.79 Å². The smallest absolute Gasteiger partial charge is 0.279 e. The molecule has 3 aromatic rings. The van der Waals surface area contributed by atoms with Gasteiger partial charge in [-0.05, 0) is 55.5 Å². The summed E-state index contributed by atoms with van der Waals surface area (Å²) in [5.41, 5.74) is 1.65. The second-order valence-corrected chi connectivity index (χ2v) is 14.5. The van der Waals surface area contributed by atoms with Crippen LogP contribution in [0.15, 0.2) is 42.5 Å². The first kappa shape index (κ1) is 28.6. The number of carbonyl (C=O) groups is 1. The minimum atomic E-state index is -3.00. The van der Waals surface area contributed by atoms with E-state index in [1.54, 1.807) is 0 Å². The highest BCUT2D eigenvalue weighted by atomic mass is 32.2. The zero-order valence-corrected chi connectivity index (χ0v) is 24.4. The molecular weight excluding hydrogens is 582 g/mol. The average Bonchev–Trinajstić information content (AvgIpc) is 3.63. The summed E-state index contributed by atoms with van der Waals surface area (Å²) < 4.78 is 57.5. The second kappa shape index (κ2) is 11.3. The van der Waals surface area contributed by atoms with E-state index in [2.05, 4.69) is 11.4 Å². The molecule has 2 heterocycles. The maximum absolute atomic E-state index is 14.4.